The van der Waals surface area contributed by atoms with Gasteiger partial charge in [0, 0.05) is 42.0 Å². The summed E-state index contributed by atoms with van der Waals surface area (Å²) in [5.41, 5.74) is 2.43. The molecule has 3 atom stereocenters. The lowest BCUT2D eigenvalue weighted by Crippen LogP contribution is -2.30. The number of fused-ring (bicyclic) bond motifs is 2. The van der Waals surface area contributed by atoms with Gasteiger partial charge in [-0.05, 0) is 29.8 Å². The molecule has 2 fully saturated rings. The molecule has 0 bridgehead atoms. The zero-order valence-corrected chi connectivity index (χ0v) is 16.0. The first-order valence-corrected chi connectivity index (χ1v) is 9.77. The van der Waals surface area contributed by atoms with E-state index in [2.05, 4.69) is 10.6 Å². The molecule has 2 heterocycles. The molecule has 0 aromatic heterocycles. The Morgan fingerprint density at radius 1 is 1.07 bits per heavy atom. The van der Waals surface area contributed by atoms with Gasteiger partial charge in [-0.25, -0.2) is 0 Å². The molecule has 2 aromatic rings. The van der Waals surface area contributed by atoms with E-state index in [-0.39, 0.29) is 29.5 Å². The number of carbonyl (C=O) groups excluding carboxylic acids is 2. The number of nitrogens with one attached hydrogen (secondary N) is 2. The molecule has 1 saturated heterocycles. The Hall–Kier alpha value is -3.06. The minimum absolute atomic E-state index is 0.145. The van der Waals surface area contributed by atoms with E-state index in [0.29, 0.717) is 48.5 Å². The zero-order chi connectivity index (χ0) is 20.1. The van der Waals surface area contributed by atoms with Crippen LogP contribution >= 0.6 is 0 Å². The fourth-order valence-electron chi connectivity index (χ4n) is 4.47. The summed E-state index contributed by atoms with van der Waals surface area (Å²) in [6.45, 7) is 1.73. The second kappa shape index (κ2) is 6.77. The van der Waals surface area contributed by atoms with Gasteiger partial charge in [-0.2, -0.15) is 0 Å². The molecule has 7 heteroatoms. The third-order valence-electron chi connectivity index (χ3n) is 6.14. The van der Waals surface area contributed by atoms with Crippen LogP contribution in [0.1, 0.15) is 37.8 Å². The van der Waals surface area contributed by atoms with E-state index in [4.69, 9.17) is 9.47 Å². The molecule has 2 aromatic carbocycles. The highest BCUT2D eigenvalue weighted by molar-refractivity contribution is 6.02. The predicted molar refractivity (Wildman–Crippen MR) is 104 cm³/mol. The van der Waals surface area contributed by atoms with Crippen LogP contribution in [0.4, 0.5) is 0 Å². The highest BCUT2D eigenvalue weighted by atomic mass is 16.5. The van der Waals surface area contributed by atoms with Gasteiger partial charge in [-0.15, -0.1) is 0 Å². The molecular weight excluding hydrogens is 372 g/mol. The number of ether oxygens (including phenoxy) is 2. The van der Waals surface area contributed by atoms with Crippen LogP contribution in [0.25, 0.3) is 0 Å². The predicted octanol–water partition coefficient (Wildman–Crippen LogP) is 1.65. The molecule has 2 amide bonds. The number of hydrogen-bond acceptors (Lipinski definition) is 5. The van der Waals surface area contributed by atoms with E-state index >= 15 is 0 Å². The van der Waals surface area contributed by atoms with E-state index in [9.17, 15) is 14.7 Å². The second-order valence-corrected chi connectivity index (χ2v) is 7.84. The topological polar surface area (TPSA) is 96.9 Å². The fourth-order valence-corrected chi connectivity index (χ4v) is 4.47. The van der Waals surface area contributed by atoms with Gasteiger partial charge in [0.1, 0.15) is 11.5 Å². The minimum Gasteiger partial charge on any atom is -0.508 e. The van der Waals surface area contributed by atoms with Crippen molar-refractivity contribution in [2.45, 2.75) is 12.0 Å². The van der Waals surface area contributed by atoms with Gasteiger partial charge in [-0.3, -0.25) is 9.59 Å². The quantitative estimate of drug-likeness (QED) is 0.733. The number of amides is 2. The average molecular weight is 394 g/mol. The molecule has 3 N–H and O–H groups in total. The SMILES string of the molecule is CNC(=O)c1cc(C(=O)NC2C3COCC32)cc2c1OCC2c1cccc(O)c1. The van der Waals surface area contributed by atoms with Crippen molar-refractivity contribution in [2.24, 2.45) is 11.8 Å². The summed E-state index contributed by atoms with van der Waals surface area (Å²) in [6, 6.07) is 10.5. The lowest BCUT2D eigenvalue weighted by atomic mass is 9.90. The van der Waals surface area contributed by atoms with Crippen molar-refractivity contribution in [3.8, 4) is 11.5 Å². The van der Waals surface area contributed by atoms with Crippen LogP contribution in [0.2, 0.25) is 0 Å². The lowest BCUT2D eigenvalue weighted by Gasteiger charge is -2.14. The third kappa shape index (κ3) is 3.02. The Balaban J connectivity index is 1.50. The van der Waals surface area contributed by atoms with Crippen molar-refractivity contribution < 1.29 is 24.2 Å². The van der Waals surface area contributed by atoms with E-state index in [0.717, 1.165) is 11.1 Å². The number of phenols is 1. The summed E-state index contributed by atoms with van der Waals surface area (Å²) in [5, 5.41) is 15.5. The molecule has 1 saturated carbocycles. The lowest BCUT2D eigenvalue weighted by molar-refractivity contribution is 0.0929. The van der Waals surface area contributed by atoms with Crippen molar-refractivity contribution >= 4 is 11.8 Å². The van der Waals surface area contributed by atoms with Gasteiger partial charge < -0.3 is 25.2 Å². The van der Waals surface area contributed by atoms with Crippen LogP contribution in [-0.4, -0.2) is 49.8 Å². The molecule has 3 unspecified atom stereocenters. The summed E-state index contributed by atoms with van der Waals surface area (Å²) >= 11 is 0. The van der Waals surface area contributed by atoms with Crippen molar-refractivity contribution in [3.63, 3.8) is 0 Å². The monoisotopic (exact) mass is 394 g/mol. The number of phenolic OH excluding ortho intramolecular Hbond substituents is 1. The summed E-state index contributed by atoms with van der Waals surface area (Å²) in [6.07, 6.45) is 0. The molecule has 29 heavy (non-hydrogen) atoms. The second-order valence-electron chi connectivity index (χ2n) is 7.84. The van der Waals surface area contributed by atoms with Gasteiger partial charge in [0.25, 0.3) is 11.8 Å². The van der Waals surface area contributed by atoms with E-state index in [1.807, 2.05) is 6.07 Å². The Kier molecular flexibility index (Phi) is 4.20. The molecule has 0 radical (unpaired) electrons. The first-order valence-electron chi connectivity index (χ1n) is 9.77. The molecule has 5 rings (SSSR count). The first-order chi connectivity index (χ1) is 14.1. The Morgan fingerprint density at radius 2 is 1.86 bits per heavy atom. The molecule has 3 aliphatic rings. The van der Waals surface area contributed by atoms with Crippen LogP contribution in [0.3, 0.4) is 0 Å². The Morgan fingerprint density at radius 3 is 2.59 bits per heavy atom. The van der Waals surface area contributed by atoms with Crippen LogP contribution in [0.5, 0.6) is 11.5 Å². The van der Waals surface area contributed by atoms with Crippen molar-refractivity contribution in [1.29, 1.82) is 0 Å². The normalized spacial score (nSPS) is 26.2. The van der Waals surface area contributed by atoms with Gasteiger partial charge in [0.2, 0.25) is 0 Å². The number of hydrogen-bond donors (Lipinski definition) is 3. The standard InChI is InChI=1S/C22H22N2O5/c1-23-22(27)15-7-12(21(26)24-19-17-8-28-9-18(17)19)6-14-16(10-29-20(14)15)11-3-2-4-13(25)5-11/h2-7,16-19,25H,8-10H2,1H3,(H,23,27)(H,24,26). The Labute approximate surface area is 168 Å². The van der Waals surface area contributed by atoms with Gasteiger partial charge in [0.05, 0.1) is 25.4 Å². The van der Waals surface area contributed by atoms with Gasteiger partial charge in [0.15, 0.2) is 0 Å². The van der Waals surface area contributed by atoms with E-state index in [1.54, 1.807) is 37.4 Å². The largest absolute Gasteiger partial charge is 0.508 e. The number of rotatable bonds is 4. The number of aromatic hydroxyl groups is 1. The molecule has 1 aliphatic carbocycles. The smallest absolute Gasteiger partial charge is 0.254 e. The van der Waals surface area contributed by atoms with Crippen molar-refractivity contribution in [2.75, 3.05) is 26.9 Å². The molecular formula is C22H22N2O5. The third-order valence-corrected chi connectivity index (χ3v) is 6.14. The highest BCUT2D eigenvalue weighted by Crippen LogP contribution is 2.45. The van der Waals surface area contributed by atoms with E-state index < -0.39 is 0 Å². The maximum Gasteiger partial charge on any atom is 0.254 e. The maximum absolute atomic E-state index is 12.9. The van der Waals surface area contributed by atoms with Crippen molar-refractivity contribution in [3.05, 3.63) is 58.7 Å². The molecule has 0 spiro atoms. The van der Waals surface area contributed by atoms with Gasteiger partial charge in [-0.1, -0.05) is 12.1 Å². The fraction of sp³-hybridized carbons (Fsp3) is 0.364. The summed E-state index contributed by atoms with van der Waals surface area (Å²) < 4.78 is 11.2. The van der Waals surface area contributed by atoms with Crippen molar-refractivity contribution in [1.82, 2.24) is 10.6 Å². The average Bonchev–Trinajstić information content (AvgIpc) is 3.09. The van der Waals surface area contributed by atoms with E-state index in [1.165, 1.54) is 0 Å². The van der Waals surface area contributed by atoms with Crippen LogP contribution < -0.4 is 15.4 Å². The number of carbonyl (C=O) groups is 2. The maximum atomic E-state index is 12.9. The number of benzene rings is 2. The molecule has 2 aliphatic heterocycles. The summed E-state index contributed by atoms with van der Waals surface area (Å²) in [5.74, 6) is 0.792. The summed E-state index contributed by atoms with van der Waals surface area (Å²) in [4.78, 5) is 25.4. The van der Waals surface area contributed by atoms with Crippen LogP contribution in [0, 0.1) is 11.8 Å². The zero-order valence-electron chi connectivity index (χ0n) is 16.0. The van der Waals surface area contributed by atoms with Gasteiger partial charge >= 0.3 is 0 Å². The molecule has 150 valence electrons. The molecule has 7 nitrogen and oxygen atoms in total. The first kappa shape index (κ1) is 18.0. The highest BCUT2D eigenvalue weighted by Gasteiger charge is 2.54. The van der Waals surface area contributed by atoms with Crippen LogP contribution in [0.15, 0.2) is 36.4 Å². The minimum atomic E-state index is -0.302. The Bertz CT molecular complexity index is 995. The van der Waals surface area contributed by atoms with Crippen LogP contribution in [-0.2, 0) is 4.74 Å². The summed E-state index contributed by atoms with van der Waals surface area (Å²) in [7, 11) is 1.55.